The van der Waals surface area contributed by atoms with Gasteiger partial charge in [-0.3, -0.25) is 14.6 Å². The average molecular weight is 307 g/mol. The minimum Gasteiger partial charge on any atom is -0.326 e. The molecular weight excluding hydrogens is 290 g/mol. The van der Waals surface area contributed by atoms with Crippen molar-refractivity contribution in [3.8, 4) is 0 Å². The number of carbonyl (C=O) groups is 2. The minimum absolute atomic E-state index is 0.0355. The molecule has 0 atom stereocenters. The molecule has 0 spiro atoms. The minimum atomic E-state index is -0.0355. The molecule has 1 aromatic heterocycles. The van der Waals surface area contributed by atoms with Crippen LogP contribution in [-0.4, -0.2) is 23.3 Å². The van der Waals surface area contributed by atoms with E-state index >= 15 is 0 Å². The highest BCUT2D eigenvalue weighted by Crippen LogP contribution is 2.33. The molecule has 0 saturated heterocycles. The maximum Gasteiger partial charge on any atom is 0.259 e. The summed E-state index contributed by atoms with van der Waals surface area (Å²) >= 11 is 0. The summed E-state index contributed by atoms with van der Waals surface area (Å²) in [6.07, 6.45) is 6.02. The third-order valence-corrected chi connectivity index (χ3v) is 4.34. The zero-order valence-electron chi connectivity index (χ0n) is 12.7. The fourth-order valence-corrected chi connectivity index (χ4v) is 2.93. The van der Waals surface area contributed by atoms with Gasteiger partial charge >= 0.3 is 0 Å². The van der Waals surface area contributed by atoms with Crippen LogP contribution < -0.4 is 10.2 Å². The van der Waals surface area contributed by atoms with Gasteiger partial charge < -0.3 is 10.2 Å². The summed E-state index contributed by atoms with van der Waals surface area (Å²) in [5.41, 5.74) is 3.42. The number of aromatic nitrogens is 1. The zero-order chi connectivity index (χ0) is 15.8. The summed E-state index contributed by atoms with van der Waals surface area (Å²) in [5, 5.41) is 2.96. The summed E-state index contributed by atoms with van der Waals surface area (Å²) in [7, 11) is 0. The number of benzene rings is 1. The number of hydrogen-bond donors (Lipinski definition) is 1. The summed E-state index contributed by atoms with van der Waals surface area (Å²) < 4.78 is 0. The van der Waals surface area contributed by atoms with E-state index in [1.165, 1.54) is 0 Å². The second-order valence-electron chi connectivity index (χ2n) is 6.06. The first-order valence-corrected chi connectivity index (χ1v) is 7.88. The number of rotatable bonds is 3. The Bertz CT molecular complexity index is 769. The molecule has 2 amide bonds. The van der Waals surface area contributed by atoms with E-state index in [9.17, 15) is 9.59 Å². The molecule has 2 aromatic rings. The van der Waals surface area contributed by atoms with Gasteiger partial charge in [-0.25, -0.2) is 0 Å². The molecule has 1 aliphatic carbocycles. The van der Waals surface area contributed by atoms with Gasteiger partial charge in [-0.05, 0) is 55.2 Å². The molecule has 1 saturated carbocycles. The van der Waals surface area contributed by atoms with Crippen molar-refractivity contribution in [1.82, 2.24) is 4.98 Å². The molecule has 1 aliphatic heterocycles. The van der Waals surface area contributed by atoms with Crippen LogP contribution in [0.5, 0.6) is 0 Å². The third kappa shape index (κ3) is 2.70. The molecule has 0 unspecified atom stereocenters. The van der Waals surface area contributed by atoms with Crippen molar-refractivity contribution in [3.63, 3.8) is 0 Å². The Kier molecular flexibility index (Phi) is 3.33. The number of anilines is 2. The Morgan fingerprint density at radius 1 is 1.22 bits per heavy atom. The lowest BCUT2D eigenvalue weighted by Crippen LogP contribution is -2.28. The molecule has 2 aliphatic rings. The van der Waals surface area contributed by atoms with Gasteiger partial charge in [0.1, 0.15) is 0 Å². The molecular formula is C18H17N3O2. The number of nitrogens with one attached hydrogen (secondary N) is 1. The van der Waals surface area contributed by atoms with E-state index in [0.717, 1.165) is 36.2 Å². The Hall–Kier alpha value is -2.69. The number of amides is 2. The molecule has 2 heterocycles. The monoisotopic (exact) mass is 307 g/mol. The van der Waals surface area contributed by atoms with E-state index in [1.807, 2.05) is 18.2 Å². The summed E-state index contributed by atoms with van der Waals surface area (Å²) in [6.45, 7) is 0.656. The fourth-order valence-electron chi connectivity index (χ4n) is 2.93. The number of nitrogens with zero attached hydrogens (tertiary/aromatic N) is 2. The van der Waals surface area contributed by atoms with E-state index in [4.69, 9.17) is 0 Å². The van der Waals surface area contributed by atoms with E-state index in [2.05, 4.69) is 10.3 Å². The van der Waals surface area contributed by atoms with Crippen LogP contribution in [0, 0.1) is 5.92 Å². The zero-order valence-corrected chi connectivity index (χ0v) is 12.7. The molecule has 1 aromatic carbocycles. The van der Waals surface area contributed by atoms with Gasteiger partial charge in [-0.15, -0.1) is 0 Å². The molecule has 5 heteroatoms. The molecule has 23 heavy (non-hydrogen) atoms. The largest absolute Gasteiger partial charge is 0.326 e. The lowest BCUT2D eigenvalue weighted by atomic mass is 10.1. The predicted octanol–water partition coefficient (Wildman–Crippen LogP) is 2.63. The van der Waals surface area contributed by atoms with Crippen molar-refractivity contribution in [1.29, 1.82) is 0 Å². The normalized spacial score (nSPS) is 16.1. The standard InChI is InChI=1S/C18H17N3O2/c22-17(12-3-4-12)20-15-5-6-16-13(10-15)7-9-21(16)18(23)14-2-1-8-19-11-14/h1-2,5-6,8,10-12H,3-4,7,9H2,(H,20,22). The number of carbonyl (C=O) groups excluding carboxylic acids is 2. The number of hydrogen-bond acceptors (Lipinski definition) is 3. The lowest BCUT2D eigenvalue weighted by molar-refractivity contribution is -0.117. The van der Waals surface area contributed by atoms with E-state index in [0.29, 0.717) is 12.1 Å². The molecule has 0 bridgehead atoms. The van der Waals surface area contributed by atoms with Gasteiger partial charge in [0.25, 0.3) is 5.91 Å². The topological polar surface area (TPSA) is 62.3 Å². The molecule has 5 nitrogen and oxygen atoms in total. The Morgan fingerprint density at radius 3 is 2.83 bits per heavy atom. The van der Waals surface area contributed by atoms with Crippen molar-refractivity contribution in [2.24, 2.45) is 5.92 Å². The van der Waals surface area contributed by atoms with Gasteiger partial charge in [0.05, 0.1) is 5.56 Å². The van der Waals surface area contributed by atoms with Crippen LogP contribution >= 0.6 is 0 Å². The van der Waals surface area contributed by atoms with Crippen molar-refractivity contribution >= 4 is 23.2 Å². The second kappa shape index (κ2) is 5.50. The quantitative estimate of drug-likeness (QED) is 0.948. The highest BCUT2D eigenvalue weighted by Gasteiger charge is 2.30. The first-order valence-electron chi connectivity index (χ1n) is 7.88. The first kappa shape index (κ1) is 13.9. The average Bonchev–Trinajstić information content (AvgIpc) is 3.35. The van der Waals surface area contributed by atoms with Gasteiger partial charge in [0, 0.05) is 36.2 Å². The first-order chi connectivity index (χ1) is 11.2. The molecule has 0 radical (unpaired) electrons. The third-order valence-electron chi connectivity index (χ3n) is 4.34. The Balaban J connectivity index is 1.55. The number of fused-ring (bicyclic) bond motifs is 1. The SMILES string of the molecule is O=C(Nc1ccc2c(c1)CCN2C(=O)c1cccnc1)C1CC1. The Labute approximate surface area is 134 Å². The van der Waals surface area contributed by atoms with E-state index < -0.39 is 0 Å². The van der Waals surface area contributed by atoms with E-state index in [-0.39, 0.29) is 17.7 Å². The highest BCUT2D eigenvalue weighted by molar-refractivity contribution is 6.07. The molecule has 1 N–H and O–H groups in total. The van der Waals surface area contributed by atoms with Crippen LogP contribution in [-0.2, 0) is 11.2 Å². The van der Waals surface area contributed by atoms with Crippen molar-refractivity contribution in [2.45, 2.75) is 19.3 Å². The van der Waals surface area contributed by atoms with Crippen LogP contribution in [0.1, 0.15) is 28.8 Å². The number of pyridine rings is 1. The lowest BCUT2D eigenvalue weighted by Gasteiger charge is -2.17. The highest BCUT2D eigenvalue weighted by atomic mass is 16.2. The van der Waals surface area contributed by atoms with Gasteiger partial charge in [-0.2, -0.15) is 0 Å². The van der Waals surface area contributed by atoms with Crippen molar-refractivity contribution < 1.29 is 9.59 Å². The van der Waals surface area contributed by atoms with Crippen molar-refractivity contribution in [3.05, 3.63) is 53.9 Å². The summed E-state index contributed by atoms with van der Waals surface area (Å²) in [4.78, 5) is 30.2. The van der Waals surface area contributed by atoms with Gasteiger partial charge in [0.2, 0.25) is 5.91 Å². The van der Waals surface area contributed by atoms with Crippen LogP contribution in [0.15, 0.2) is 42.7 Å². The molecule has 4 rings (SSSR count). The fraction of sp³-hybridized carbons (Fsp3) is 0.278. The van der Waals surface area contributed by atoms with Gasteiger partial charge in [0.15, 0.2) is 0 Å². The maximum atomic E-state index is 12.6. The smallest absolute Gasteiger partial charge is 0.259 e. The van der Waals surface area contributed by atoms with Crippen LogP contribution in [0.3, 0.4) is 0 Å². The van der Waals surface area contributed by atoms with Gasteiger partial charge in [-0.1, -0.05) is 0 Å². The van der Waals surface area contributed by atoms with Crippen LogP contribution in [0.25, 0.3) is 0 Å². The summed E-state index contributed by atoms with van der Waals surface area (Å²) in [6, 6.07) is 9.30. The van der Waals surface area contributed by atoms with Crippen LogP contribution in [0.4, 0.5) is 11.4 Å². The second-order valence-corrected chi connectivity index (χ2v) is 6.06. The maximum absolute atomic E-state index is 12.6. The molecule has 1 fully saturated rings. The molecule has 116 valence electrons. The Morgan fingerprint density at radius 2 is 2.09 bits per heavy atom. The predicted molar refractivity (Wildman–Crippen MR) is 87.4 cm³/mol. The van der Waals surface area contributed by atoms with Crippen LogP contribution in [0.2, 0.25) is 0 Å². The van der Waals surface area contributed by atoms with E-state index in [1.54, 1.807) is 29.4 Å². The summed E-state index contributed by atoms with van der Waals surface area (Å²) in [5.74, 6) is 0.254. The van der Waals surface area contributed by atoms with Crippen molar-refractivity contribution in [2.75, 3.05) is 16.8 Å².